The zero-order valence-electron chi connectivity index (χ0n) is 11.4. The zero-order chi connectivity index (χ0) is 13.0. The molecule has 1 unspecified atom stereocenters. The smallest absolute Gasteiger partial charge is 0.255 e. The number of likely N-dealkylation sites (tertiary alicyclic amines) is 1. The van der Waals surface area contributed by atoms with Gasteiger partial charge in [-0.1, -0.05) is 0 Å². The van der Waals surface area contributed by atoms with Gasteiger partial charge >= 0.3 is 0 Å². The van der Waals surface area contributed by atoms with E-state index in [1.165, 1.54) is 25.9 Å². The number of nitrogens with zero attached hydrogens (tertiary/aromatic N) is 2. The molecule has 4 heteroatoms. The molecule has 1 fully saturated rings. The Kier molecular flexibility index (Phi) is 4.42. The van der Waals surface area contributed by atoms with E-state index < -0.39 is 0 Å². The molecule has 1 aliphatic rings. The van der Waals surface area contributed by atoms with Gasteiger partial charge in [-0.05, 0) is 45.3 Å². The molecule has 0 radical (unpaired) electrons. The third kappa shape index (κ3) is 3.13. The van der Waals surface area contributed by atoms with Gasteiger partial charge in [-0.3, -0.25) is 4.79 Å². The Morgan fingerprint density at radius 2 is 2.22 bits per heavy atom. The second-order valence-corrected chi connectivity index (χ2v) is 5.21. The fourth-order valence-electron chi connectivity index (χ4n) is 2.52. The first-order valence-electron chi connectivity index (χ1n) is 6.81. The van der Waals surface area contributed by atoms with Gasteiger partial charge in [0.25, 0.3) is 5.91 Å². The Morgan fingerprint density at radius 1 is 1.50 bits per heavy atom. The number of aromatic nitrogens is 1. The molecule has 0 aromatic carbocycles. The first-order chi connectivity index (χ1) is 8.68. The van der Waals surface area contributed by atoms with E-state index in [1.807, 2.05) is 18.0 Å². The number of amides is 1. The van der Waals surface area contributed by atoms with E-state index in [2.05, 4.69) is 16.8 Å². The molecule has 1 aromatic rings. The van der Waals surface area contributed by atoms with Crippen LogP contribution in [0.4, 0.5) is 0 Å². The summed E-state index contributed by atoms with van der Waals surface area (Å²) in [6, 6.07) is 2.40. The fourth-order valence-corrected chi connectivity index (χ4v) is 2.52. The van der Waals surface area contributed by atoms with E-state index in [0.29, 0.717) is 6.04 Å². The minimum Gasteiger partial charge on any atom is -0.367 e. The molecule has 4 nitrogen and oxygen atoms in total. The SMILES string of the molecule is CC(CCN(C)C(=O)c1cc[nH]c1)N1CCCC1. The summed E-state index contributed by atoms with van der Waals surface area (Å²) in [7, 11) is 1.88. The van der Waals surface area contributed by atoms with Crippen LogP contribution in [0.3, 0.4) is 0 Å². The molecule has 1 saturated heterocycles. The van der Waals surface area contributed by atoms with E-state index in [9.17, 15) is 4.79 Å². The Labute approximate surface area is 109 Å². The minimum atomic E-state index is 0.102. The van der Waals surface area contributed by atoms with Gasteiger partial charge in [0.1, 0.15) is 0 Å². The van der Waals surface area contributed by atoms with Crippen LogP contribution in [0.25, 0.3) is 0 Å². The molecule has 100 valence electrons. The van der Waals surface area contributed by atoms with Crippen molar-refractivity contribution in [2.45, 2.75) is 32.2 Å². The molecule has 2 heterocycles. The van der Waals surface area contributed by atoms with E-state index >= 15 is 0 Å². The van der Waals surface area contributed by atoms with Gasteiger partial charge in [-0.2, -0.15) is 0 Å². The first-order valence-corrected chi connectivity index (χ1v) is 6.81. The molecule has 1 atom stereocenters. The molecule has 0 aliphatic carbocycles. The molecule has 0 spiro atoms. The lowest BCUT2D eigenvalue weighted by atomic mass is 10.2. The maximum absolute atomic E-state index is 12.0. The lowest BCUT2D eigenvalue weighted by Crippen LogP contribution is -2.35. The lowest BCUT2D eigenvalue weighted by Gasteiger charge is -2.26. The van der Waals surface area contributed by atoms with Gasteiger partial charge in [0, 0.05) is 32.0 Å². The number of H-pyrrole nitrogens is 1. The van der Waals surface area contributed by atoms with Crippen molar-refractivity contribution >= 4 is 5.91 Å². The summed E-state index contributed by atoms with van der Waals surface area (Å²) in [6.07, 6.45) is 7.23. The average Bonchev–Trinajstić information content (AvgIpc) is 3.05. The summed E-state index contributed by atoms with van der Waals surface area (Å²) < 4.78 is 0. The predicted molar refractivity (Wildman–Crippen MR) is 72.6 cm³/mol. The van der Waals surface area contributed by atoms with E-state index in [0.717, 1.165) is 18.5 Å². The van der Waals surface area contributed by atoms with Crippen LogP contribution in [-0.4, -0.2) is 53.4 Å². The number of hydrogen-bond donors (Lipinski definition) is 1. The number of hydrogen-bond acceptors (Lipinski definition) is 2. The van der Waals surface area contributed by atoms with Gasteiger partial charge in [0.05, 0.1) is 5.56 Å². The third-order valence-electron chi connectivity index (χ3n) is 3.84. The largest absolute Gasteiger partial charge is 0.367 e. The van der Waals surface area contributed by atoms with Gasteiger partial charge in [0.2, 0.25) is 0 Å². The van der Waals surface area contributed by atoms with Crippen molar-refractivity contribution in [2.75, 3.05) is 26.7 Å². The zero-order valence-corrected chi connectivity index (χ0v) is 11.4. The Bertz CT molecular complexity index is 368. The van der Waals surface area contributed by atoms with Crippen molar-refractivity contribution in [2.24, 2.45) is 0 Å². The van der Waals surface area contributed by atoms with Crippen LogP contribution < -0.4 is 0 Å². The summed E-state index contributed by atoms with van der Waals surface area (Å²) in [6.45, 7) is 5.52. The van der Waals surface area contributed by atoms with Crippen molar-refractivity contribution in [3.05, 3.63) is 24.0 Å². The topological polar surface area (TPSA) is 39.3 Å². The summed E-state index contributed by atoms with van der Waals surface area (Å²) in [4.78, 5) is 19.3. The Hall–Kier alpha value is -1.29. The van der Waals surface area contributed by atoms with Crippen LogP contribution in [0.15, 0.2) is 18.5 Å². The molecule has 1 amide bonds. The van der Waals surface area contributed by atoms with Crippen molar-refractivity contribution in [3.63, 3.8) is 0 Å². The van der Waals surface area contributed by atoms with Crippen molar-refractivity contribution in [3.8, 4) is 0 Å². The standard InChI is InChI=1S/C14H23N3O/c1-12(17-8-3-4-9-17)6-10-16(2)14(18)13-5-7-15-11-13/h5,7,11-12,15H,3-4,6,8-10H2,1-2H3. The second-order valence-electron chi connectivity index (χ2n) is 5.21. The number of carbonyl (C=O) groups is 1. The second kappa shape index (κ2) is 6.05. The number of rotatable bonds is 5. The van der Waals surface area contributed by atoms with Gasteiger partial charge < -0.3 is 14.8 Å². The monoisotopic (exact) mass is 249 g/mol. The normalized spacial score (nSPS) is 17.9. The highest BCUT2D eigenvalue weighted by atomic mass is 16.2. The molecule has 18 heavy (non-hydrogen) atoms. The van der Waals surface area contributed by atoms with Crippen molar-refractivity contribution in [1.82, 2.24) is 14.8 Å². The first kappa shape index (κ1) is 13.1. The maximum atomic E-state index is 12.0. The minimum absolute atomic E-state index is 0.102. The summed E-state index contributed by atoms with van der Waals surface area (Å²) >= 11 is 0. The molecule has 1 N–H and O–H groups in total. The molecule has 0 bridgehead atoms. The summed E-state index contributed by atoms with van der Waals surface area (Å²) in [5, 5.41) is 0. The van der Waals surface area contributed by atoms with Crippen LogP contribution in [0.5, 0.6) is 0 Å². The molecule has 2 rings (SSSR count). The van der Waals surface area contributed by atoms with Gasteiger partial charge in [-0.15, -0.1) is 0 Å². The lowest BCUT2D eigenvalue weighted by molar-refractivity contribution is 0.0781. The van der Waals surface area contributed by atoms with Crippen LogP contribution in [-0.2, 0) is 0 Å². The quantitative estimate of drug-likeness (QED) is 0.866. The number of nitrogens with one attached hydrogen (secondary N) is 1. The molecule has 0 saturated carbocycles. The molecular formula is C14H23N3O. The molecule has 1 aromatic heterocycles. The maximum Gasteiger partial charge on any atom is 0.255 e. The summed E-state index contributed by atoms with van der Waals surface area (Å²) in [5.41, 5.74) is 0.742. The number of carbonyl (C=O) groups excluding carboxylic acids is 1. The Balaban J connectivity index is 1.77. The fraction of sp³-hybridized carbons (Fsp3) is 0.643. The highest BCUT2D eigenvalue weighted by Crippen LogP contribution is 2.14. The highest BCUT2D eigenvalue weighted by molar-refractivity contribution is 5.93. The van der Waals surface area contributed by atoms with E-state index in [-0.39, 0.29) is 5.91 Å². The van der Waals surface area contributed by atoms with Crippen LogP contribution >= 0.6 is 0 Å². The third-order valence-corrected chi connectivity index (χ3v) is 3.84. The molecule has 1 aliphatic heterocycles. The van der Waals surface area contributed by atoms with Crippen molar-refractivity contribution in [1.29, 1.82) is 0 Å². The predicted octanol–water partition coefficient (Wildman–Crippen LogP) is 1.96. The van der Waals surface area contributed by atoms with Crippen LogP contribution in [0.1, 0.15) is 36.5 Å². The van der Waals surface area contributed by atoms with Crippen molar-refractivity contribution < 1.29 is 4.79 Å². The van der Waals surface area contributed by atoms with Crippen LogP contribution in [0.2, 0.25) is 0 Å². The van der Waals surface area contributed by atoms with Gasteiger partial charge in [-0.25, -0.2) is 0 Å². The van der Waals surface area contributed by atoms with Gasteiger partial charge in [0.15, 0.2) is 0 Å². The Morgan fingerprint density at radius 3 is 2.83 bits per heavy atom. The average molecular weight is 249 g/mol. The molecular weight excluding hydrogens is 226 g/mol. The van der Waals surface area contributed by atoms with E-state index in [1.54, 1.807) is 12.4 Å². The van der Waals surface area contributed by atoms with E-state index in [4.69, 9.17) is 0 Å². The highest BCUT2D eigenvalue weighted by Gasteiger charge is 2.19. The summed E-state index contributed by atoms with van der Waals surface area (Å²) in [5.74, 6) is 0.102. The van der Waals surface area contributed by atoms with Crippen LogP contribution in [0, 0.1) is 0 Å². The number of aromatic amines is 1.